The minimum Gasteiger partial charge on any atom is -0.508 e. The highest BCUT2D eigenvalue weighted by atomic mass is 16.3. The minimum atomic E-state index is -0.403. The van der Waals surface area contributed by atoms with Crippen molar-refractivity contribution in [2.24, 2.45) is 5.73 Å². The number of phenolic OH excluding ortho intramolecular Hbond substituents is 1. The fourth-order valence-electron chi connectivity index (χ4n) is 1.57. The first-order valence-electron chi connectivity index (χ1n) is 5.94. The molecule has 0 aliphatic carbocycles. The zero-order chi connectivity index (χ0) is 12.7. The molecule has 4 nitrogen and oxygen atoms in total. The van der Waals surface area contributed by atoms with Gasteiger partial charge in [-0.25, -0.2) is 0 Å². The molecule has 0 bridgehead atoms. The summed E-state index contributed by atoms with van der Waals surface area (Å²) >= 11 is 0. The van der Waals surface area contributed by atoms with Crippen molar-refractivity contribution >= 4 is 5.91 Å². The Morgan fingerprint density at radius 3 is 2.65 bits per heavy atom. The van der Waals surface area contributed by atoms with E-state index in [1.165, 1.54) is 0 Å². The molecule has 0 aliphatic rings. The number of phenols is 1. The number of nitrogens with one attached hydrogen (secondary N) is 1. The monoisotopic (exact) mass is 236 g/mol. The molecule has 1 aromatic carbocycles. The summed E-state index contributed by atoms with van der Waals surface area (Å²) in [6, 6.07) is 6.56. The predicted molar refractivity (Wildman–Crippen MR) is 67.7 cm³/mol. The Morgan fingerprint density at radius 1 is 1.41 bits per heavy atom. The second-order valence-corrected chi connectivity index (χ2v) is 4.10. The van der Waals surface area contributed by atoms with Crippen molar-refractivity contribution in [1.29, 1.82) is 0 Å². The number of rotatable bonds is 6. The molecule has 0 aromatic heterocycles. The van der Waals surface area contributed by atoms with E-state index < -0.39 is 6.04 Å². The number of carbonyl (C=O) groups is 1. The summed E-state index contributed by atoms with van der Waals surface area (Å²) in [6.07, 6.45) is 2.36. The van der Waals surface area contributed by atoms with E-state index >= 15 is 0 Å². The van der Waals surface area contributed by atoms with Crippen molar-refractivity contribution in [1.82, 2.24) is 5.32 Å². The number of nitrogens with two attached hydrogens (primary N) is 1. The van der Waals surface area contributed by atoms with Gasteiger partial charge < -0.3 is 16.2 Å². The molecule has 0 saturated carbocycles. The van der Waals surface area contributed by atoms with Gasteiger partial charge in [0.1, 0.15) is 5.75 Å². The summed E-state index contributed by atoms with van der Waals surface area (Å²) in [7, 11) is 0. The van der Waals surface area contributed by atoms with Gasteiger partial charge in [-0.3, -0.25) is 4.79 Å². The highest BCUT2D eigenvalue weighted by Crippen LogP contribution is 2.09. The third kappa shape index (κ3) is 4.87. The average molecular weight is 236 g/mol. The Labute approximate surface area is 102 Å². The van der Waals surface area contributed by atoms with Crippen molar-refractivity contribution < 1.29 is 9.90 Å². The van der Waals surface area contributed by atoms with Crippen LogP contribution in [0, 0.1) is 0 Å². The van der Waals surface area contributed by atoms with Gasteiger partial charge in [0.2, 0.25) is 5.91 Å². The van der Waals surface area contributed by atoms with Gasteiger partial charge in [-0.2, -0.15) is 0 Å². The lowest BCUT2D eigenvalue weighted by Crippen LogP contribution is -2.41. The lowest BCUT2D eigenvalue weighted by Gasteiger charge is -2.11. The van der Waals surface area contributed by atoms with Gasteiger partial charge >= 0.3 is 0 Å². The first kappa shape index (κ1) is 13.5. The van der Waals surface area contributed by atoms with Gasteiger partial charge in [0, 0.05) is 6.54 Å². The highest BCUT2D eigenvalue weighted by Gasteiger charge is 2.10. The Hall–Kier alpha value is -1.55. The van der Waals surface area contributed by atoms with Crippen LogP contribution in [0.2, 0.25) is 0 Å². The second kappa shape index (κ2) is 6.91. The molecule has 17 heavy (non-hydrogen) atoms. The third-order valence-electron chi connectivity index (χ3n) is 2.59. The molecule has 1 atom stereocenters. The molecule has 0 spiro atoms. The van der Waals surface area contributed by atoms with Crippen LogP contribution < -0.4 is 11.1 Å². The molecule has 1 amide bonds. The van der Waals surface area contributed by atoms with Crippen LogP contribution in [0.3, 0.4) is 0 Å². The fraction of sp³-hybridized carbons (Fsp3) is 0.462. The maximum absolute atomic E-state index is 11.5. The molecule has 94 valence electrons. The van der Waals surface area contributed by atoms with Crippen LogP contribution in [0.1, 0.15) is 25.3 Å². The molecule has 0 heterocycles. The Morgan fingerprint density at radius 2 is 2.06 bits per heavy atom. The van der Waals surface area contributed by atoms with E-state index in [4.69, 9.17) is 10.8 Å². The smallest absolute Gasteiger partial charge is 0.236 e. The summed E-state index contributed by atoms with van der Waals surface area (Å²) in [6.45, 7) is 2.57. The van der Waals surface area contributed by atoms with Gasteiger partial charge in [-0.1, -0.05) is 25.5 Å². The van der Waals surface area contributed by atoms with Crippen molar-refractivity contribution in [3.8, 4) is 5.75 Å². The Bertz CT molecular complexity index is 349. The molecule has 0 fully saturated rings. The van der Waals surface area contributed by atoms with E-state index in [1.54, 1.807) is 12.1 Å². The molecular weight excluding hydrogens is 216 g/mol. The number of hydrogen-bond acceptors (Lipinski definition) is 3. The van der Waals surface area contributed by atoms with E-state index in [2.05, 4.69) is 5.32 Å². The Balaban J connectivity index is 2.28. The summed E-state index contributed by atoms with van der Waals surface area (Å²) in [5.74, 6) is 0.161. The standard InChI is InChI=1S/C13H20N2O2/c1-2-3-12(14)13(17)15-9-8-10-4-6-11(16)7-5-10/h4-7,12,16H,2-3,8-9,14H2,1H3,(H,15,17). The number of benzene rings is 1. The van der Waals surface area contributed by atoms with Crippen LogP contribution in [0.15, 0.2) is 24.3 Å². The zero-order valence-electron chi connectivity index (χ0n) is 10.1. The maximum Gasteiger partial charge on any atom is 0.236 e. The second-order valence-electron chi connectivity index (χ2n) is 4.10. The third-order valence-corrected chi connectivity index (χ3v) is 2.59. The minimum absolute atomic E-state index is 0.0920. The summed E-state index contributed by atoms with van der Waals surface area (Å²) in [5, 5.41) is 11.9. The normalized spacial score (nSPS) is 12.1. The van der Waals surface area contributed by atoms with E-state index in [0.29, 0.717) is 13.0 Å². The van der Waals surface area contributed by atoms with Gasteiger partial charge in [-0.05, 0) is 30.5 Å². The van der Waals surface area contributed by atoms with E-state index in [-0.39, 0.29) is 11.7 Å². The number of aromatic hydroxyl groups is 1. The maximum atomic E-state index is 11.5. The molecule has 1 aromatic rings. The van der Waals surface area contributed by atoms with Gasteiger partial charge in [0.25, 0.3) is 0 Å². The van der Waals surface area contributed by atoms with Crippen molar-refractivity contribution in [2.75, 3.05) is 6.54 Å². The SMILES string of the molecule is CCCC(N)C(=O)NCCc1ccc(O)cc1. The molecular formula is C13H20N2O2. The average Bonchev–Trinajstić information content (AvgIpc) is 2.32. The van der Waals surface area contributed by atoms with Crippen LogP contribution in [0.4, 0.5) is 0 Å². The van der Waals surface area contributed by atoms with Crippen molar-refractivity contribution in [3.63, 3.8) is 0 Å². The van der Waals surface area contributed by atoms with Crippen LogP contribution >= 0.6 is 0 Å². The first-order chi connectivity index (χ1) is 8.13. The van der Waals surface area contributed by atoms with E-state index in [1.807, 2.05) is 19.1 Å². The molecule has 0 aliphatic heterocycles. The molecule has 0 saturated heterocycles. The van der Waals surface area contributed by atoms with Crippen LogP contribution in [0.5, 0.6) is 5.75 Å². The number of hydrogen-bond donors (Lipinski definition) is 3. The summed E-state index contributed by atoms with van der Waals surface area (Å²) in [4.78, 5) is 11.5. The van der Waals surface area contributed by atoms with Crippen molar-refractivity contribution in [2.45, 2.75) is 32.2 Å². The zero-order valence-corrected chi connectivity index (χ0v) is 10.1. The van der Waals surface area contributed by atoms with E-state index in [9.17, 15) is 4.79 Å². The quantitative estimate of drug-likeness (QED) is 0.694. The first-order valence-corrected chi connectivity index (χ1v) is 5.94. The van der Waals surface area contributed by atoms with Gasteiger partial charge in [0.15, 0.2) is 0 Å². The van der Waals surface area contributed by atoms with Crippen molar-refractivity contribution in [3.05, 3.63) is 29.8 Å². The lowest BCUT2D eigenvalue weighted by molar-refractivity contribution is -0.122. The van der Waals surface area contributed by atoms with Crippen LogP contribution in [-0.2, 0) is 11.2 Å². The van der Waals surface area contributed by atoms with Crippen LogP contribution in [-0.4, -0.2) is 23.6 Å². The lowest BCUT2D eigenvalue weighted by atomic mass is 10.1. The van der Waals surface area contributed by atoms with E-state index in [0.717, 1.165) is 18.4 Å². The predicted octanol–water partition coefficient (Wildman–Crippen LogP) is 1.18. The van der Waals surface area contributed by atoms with Gasteiger partial charge in [0.05, 0.1) is 6.04 Å². The topological polar surface area (TPSA) is 75.4 Å². The summed E-state index contributed by atoms with van der Waals surface area (Å²) < 4.78 is 0. The molecule has 4 heteroatoms. The summed E-state index contributed by atoms with van der Waals surface area (Å²) in [5.41, 5.74) is 6.76. The van der Waals surface area contributed by atoms with Crippen LogP contribution in [0.25, 0.3) is 0 Å². The molecule has 1 rings (SSSR count). The Kier molecular flexibility index (Phi) is 5.49. The highest BCUT2D eigenvalue weighted by molar-refractivity contribution is 5.81. The number of amides is 1. The molecule has 4 N–H and O–H groups in total. The fourth-order valence-corrected chi connectivity index (χ4v) is 1.57. The largest absolute Gasteiger partial charge is 0.508 e. The molecule has 0 radical (unpaired) electrons. The number of carbonyl (C=O) groups excluding carboxylic acids is 1. The molecule has 1 unspecified atom stereocenters. The van der Waals surface area contributed by atoms with Gasteiger partial charge in [-0.15, -0.1) is 0 Å².